The number of rotatable bonds is 10. The number of carbonyl (C=O) groups is 1. The lowest BCUT2D eigenvalue weighted by Gasteiger charge is -2.13. The molecule has 0 spiro atoms. The summed E-state index contributed by atoms with van der Waals surface area (Å²) in [7, 11) is 1.34. The van der Waals surface area contributed by atoms with E-state index >= 15 is 0 Å². The van der Waals surface area contributed by atoms with Gasteiger partial charge in [-0.25, -0.2) is 0 Å². The molecule has 24 heavy (non-hydrogen) atoms. The molecule has 1 N–H and O–H groups in total. The Morgan fingerprint density at radius 3 is 2.58 bits per heavy atom. The number of hydrogen-bond donors (Lipinski definition) is 1. The largest absolute Gasteiger partial charge is 0.493 e. The van der Waals surface area contributed by atoms with E-state index in [1.807, 2.05) is 13.8 Å². The van der Waals surface area contributed by atoms with Crippen molar-refractivity contribution in [2.75, 3.05) is 13.7 Å². The first-order chi connectivity index (χ1) is 11.5. The van der Waals surface area contributed by atoms with Crippen molar-refractivity contribution in [2.24, 2.45) is 5.16 Å². The van der Waals surface area contributed by atoms with Gasteiger partial charge in [0.15, 0.2) is 18.1 Å². The maximum atomic E-state index is 12.2. The summed E-state index contributed by atoms with van der Waals surface area (Å²) in [4.78, 5) is 16.5. The van der Waals surface area contributed by atoms with Crippen molar-refractivity contribution in [3.63, 3.8) is 0 Å². The number of hydrogen-bond acceptors (Lipinski definition) is 5. The van der Waals surface area contributed by atoms with Crippen LogP contribution in [-0.2, 0) is 9.63 Å². The predicted octanol–water partition coefficient (Wildman–Crippen LogP) is 2.95. The first kappa shape index (κ1) is 19.7. The van der Waals surface area contributed by atoms with E-state index in [9.17, 15) is 13.6 Å². The van der Waals surface area contributed by atoms with Crippen molar-refractivity contribution >= 4 is 12.1 Å². The van der Waals surface area contributed by atoms with Crippen LogP contribution in [0.25, 0.3) is 0 Å². The van der Waals surface area contributed by atoms with E-state index in [0.29, 0.717) is 5.56 Å². The molecule has 0 fully saturated rings. The second-order valence-electron chi connectivity index (χ2n) is 4.88. The zero-order valence-corrected chi connectivity index (χ0v) is 13.9. The van der Waals surface area contributed by atoms with Gasteiger partial charge in [-0.05, 0) is 31.0 Å². The monoisotopic (exact) mass is 344 g/mol. The quantitative estimate of drug-likeness (QED) is 0.523. The third-order valence-corrected chi connectivity index (χ3v) is 3.23. The smallest absolute Gasteiger partial charge is 0.387 e. The number of oxime groups is 1. The van der Waals surface area contributed by atoms with Gasteiger partial charge >= 0.3 is 6.61 Å². The van der Waals surface area contributed by atoms with Crippen LogP contribution in [0.15, 0.2) is 23.4 Å². The number of nitrogens with one attached hydrogen (secondary N) is 1. The lowest BCUT2D eigenvalue weighted by Crippen LogP contribution is -2.36. The molecule has 6 nitrogen and oxygen atoms in total. The molecule has 0 saturated heterocycles. The Morgan fingerprint density at radius 2 is 2.00 bits per heavy atom. The Kier molecular flexibility index (Phi) is 8.53. The average molecular weight is 344 g/mol. The fourth-order valence-corrected chi connectivity index (χ4v) is 1.91. The van der Waals surface area contributed by atoms with Gasteiger partial charge in [-0.15, -0.1) is 0 Å². The molecule has 0 aliphatic carbocycles. The second kappa shape index (κ2) is 10.4. The zero-order chi connectivity index (χ0) is 17.9. The number of nitrogens with zero attached hydrogens (tertiary/aromatic N) is 1. The van der Waals surface area contributed by atoms with Crippen molar-refractivity contribution in [2.45, 2.75) is 39.3 Å². The van der Waals surface area contributed by atoms with E-state index in [2.05, 4.69) is 15.2 Å². The molecular formula is C16H22F2N2O4. The third-order valence-electron chi connectivity index (χ3n) is 3.23. The molecule has 0 saturated carbocycles. The summed E-state index contributed by atoms with van der Waals surface area (Å²) >= 11 is 0. The summed E-state index contributed by atoms with van der Waals surface area (Å²) in [6.07, 6.45) is 3.04. The maximum Gasteiger partial charge on any atom is 0.387 e. The molecule has 1 aromatic rings. The Balaban J connectivity index is 2.54. The van der Waals surface area contributed by atoms with Crippen LogP contribution in [0.2, 0.25) is 0 Å². The predicted molar refractivity (Wildman–Crippen MR) is 85.7 cm³/mol. The van der Waals surface area contributed by atoms with Crippen molar-refractivity contribution in [1.29, 1.82) is 0 Å². The van der Waals surface area contributed by atoms with Gasteiger partial charge in [-0.3, -0.25) is 4.79 Å². The number of ether oxygens (including phenoxy) is 2. The van der Waals surface area contributed by atoms with Crippen LogP contribution >= 0.6 is 0 Å². The van der Waals surface area contributed by atoms with Gasteiger partial charge in [0, 0.05) is 11.6 Å². The first-order valence-corrected chi connectivity index (χ1v) is 7.57. The van der Waals surface area contributed by atoms with Crippen molar-refractivity contribution in [3.05, 3.63) is 23.8 Å². The Morgan fingerprint density at radius 1 is 1.29 bits per heavy atom. The van der Waals surface area contributed by atoms with Gasteiger partial charge in [0.05, 0.1) is 13.3 Å². The fourth-order valence-electron chi connectivity index (χ4n) is 1.91. The molecule has 1 amide bonds. The molecule has 0 bridgehead atoms. The molecule has 0 radical (unpaired) electrons. The van der Waals surface area contributed by atoms with E-state index in [-0.39, 0.29) is 30.1 Å². The molecule has 1 aromatic carbocycles. The SMILES string of the molecule is CCC(CC)NC(=O)CON=Cc1ccc(OC(F)F)c(OC)c1. The summed E-state index contributed by atoms with van der Waals surface area (Å²) in [5, 5.41) is 6.49. The highest BCUT2D eigenvalue weighted by molar-refractivity contribution is 5.81. The number of benzene rings is 1. The number of carbonyl (C=O) groups excluding carboxylic acids is 1. The molecule has 0 unspecified atom stereocenters. The number of halogens is 2. The van der Waals surface area contributed by atoms with Gasteiger partial charge in [-0.1, -0.05) is 19.0 Å². The van der Waals surface area contributed by atoms with Crippen LogP contribution < -0.4 is 14.8 Å². The molecule has 0 aliphatic heterocycles. The highest BCUT2D eigenvalue weighted by atomic mass is 19.3. The molecule has 0 aromatic heterocycles. The van der Waals surface area contributed by atoms with E-state index < -0.39 is 6.61 Å². The Hall–Kier alpha value is -2.38. The standard InChI is InChI=1S/C16H22F2N2O4/c1-4-12(5-2)20-15(21)10-23-19-9-11-6-7-13(24-16(17)18)14(8-11)22-3/h6-9,12,16H,4-5,10H2,1-3H3,(H,20,21). The summed E-state index contributed by atoms with van der Waals surface area (Å²) in [5.41, 5.74) is 0.550. The van der Waals surface area contributed by atoms with E-state index in [1.165, 1.54) is 31.5 Å². The zero-order valence-electron chi connectivity index (χ0n) is 13.9. The minimum Gasteiger partial charge on any atom is -0.493 e. The van der Waals surface area contributed by atoms with Crippen molar-refractivity contribution in [1.82, 2.24) is 5.32 Å². The number of alkyl halides is 2. The third kappa shape index (κ3) is 6.80. The highest BCUT2D eigenvalue weighted by Gasteiger charge is 2.11. The number of amides is 1. The molecule has 1 rings (SSSR count). The topological polar surface area (TPSA) is 69.2 Å². The molecule has 0 heterocycles. The summed E-state index contributed by atoms with van der Waals surface area (Å²) < 4.78 is 33.8. The van der Waals surface area contributed by atoms with Gasteiger partial charge < -0.3 is 19.6 Å². The Labute approximate surface area is 139 Å². The molecule has 134 valence electrons. The van der Waals surface area contributed by atoms with Crippen molar-refractivity contribution < 1.29 is 27.9 Å². The van der Waals surface area contributed by atoms with E-state index in [0.717, 1.165) is 12.8 Å². The summed E-state index contributed by atoms with van der Waals surface area (Å²) in [6.45, 7) is 0.844. The van der Waals surface area contributed by atoms with Crippen molar-refractivity contribution in [3.8, 4) is 11.5 Å². The lowest BCUT2D eigenvalue weighted by atomic mass is 10.2. The van der Waals surface area contributed by atoms with Gasteiger partial charge in [0.1, 0.15) is 0 Å². The van der Waals surface area contributed by atoms with Crippen LogP contribution in [0.4, 0.5) is 8.78 Å². The first-order valence-electron chi connectivity index (χ1n) is 7.57. The number of methoxy groups -OCH3 is 1. The lowest BCUT2D eigenvalue weighted by molar-refractivity contribution is -0.126. The highest BCUT2D eigenvalue weighted by Crippen LogP contribution is 2.28. The van der Waals surface area contributed by atoms with E-state index in [4.69, 9.17) is 9.57 Å². The minimum atomic E-state index is -2.93. The minimum absolute atomic E-state index is 0.0740. The fraction of sp³-hybridized carbons (Fsp3) is 0.500. The summed E-state index contributed by atoms with van der Waals surface area (Å²) in [6, 6.07) is 4.44. The molecule has 0 aliphatic rings. The van der Waals surface area contributed by atoms with Gasteiger partial charge in [0.25, 0.3) is 5.91 Å². The molecule has 8 heteroatoms. The maximum absolute atomic E-state index is 12.2. The van der Waals surface area contributed by atoms with Crippen LogP contribution in [0.1, 0.15) is 32.3 Å². The van der Waals surface area contributed by atoms with Crippen LogP contribution in [0.5, 0.6) is 11.5 Å². The van der Waals surface area contributed by atoms with Gasteiger partial charge in [-0.2, -0.15) is 8.78 Å². The Bertz CT molecular complexity index is 549. The van der Waals surface area contributed by atoms with Crippen LogP contribution in [0.3, 0.4) is 0 Å². The summed E-state index contributed by atoms with van der Waals surface area (Å²) in [5.74, 6) is -0.181. The second-order valence-corrected chi connectivity index (χ2v) is 4.88. The van der Waals surface area contributed by atoms with Crippen LogP contribution in [0, 0.1) is 0 Å². The molecular weight excluding hydrogens is 322 g/mol. The average Bonchev–Trinajstić information content (AvgIpc) is 2.57. The van der Waals surface area contributed by atoms with E-state index in [1.54, 1.807) is 0 Å². The molecule has 0 atom stereocenters. The van der Waals surface area contributed by atoms with Gasteiger partial charge in [0.2, 0.25) is 0 Å². The normalized spacial score (nSPS) is 11.1. The van der Waals surface area contributed by atoms with Crippen LogP contribution in [-0.4, -0.2) is 38.5 Å².